The predicted molar refractivity (Wildman–Crippen MR) is 109 cm³/mol. The molecule has 3 aromatic rings. The molecule has 2 atom stereocenters. The van der Waals surface area contributed by atoms with Crippen LogP contribution in [-0.4, -0.2) is 34.7 Å². The molecule has 0 radical (unpaired) electrons. The summed E-state index contributed by atoms with van der Waals surface area (Å²) in [6.07, 6.45) is 4.47. The molecular formula is C21H23ClFN3O2. The Morgan fingerprint density at radius 1 is 1.29 bits per heavy atom. The highest BCUT2D eigenvalue weighted by atomic mass is 35.5. The summed E-state index contributed by atoms with van der Waals surface area (Å²) in [5.74, 6) is 0.332. The van der Waals surface area contributed by atoms with Crippen molar-refractivity contribution >= 4 is 29.8 Å². The number of esters is 1. The first-order valence-corrected chi connectivity index (χ1v) is 9.04. The fourth-order valence-electron chi connectivity index (χ4n) is 4.06. The average Bonchev–Trinajstić information content (AvgIpc) is 3.09. The minimum atomic E-state index is -0.891. The zero-order valence-electron chi connectivity index (χ0n) is 15.8. The molecule has 4 rings (SSSR count). The third-order valence-corrected chi connectivity index (χ3v) is 5.29. The Balaban J connectivity index is 0.00000225. The average molecular weight is 404 g/mol. The van der Waals surface area contributed by atoms with Gasteiger partial charge in [-0.05, 0) is 36.6 Å². The number of benzene rings is 1. The normalized spacial score (nSPS) is 21.1. The number of rotatable bonds is 4. The fraction of sp³-hybridized carbons (Fsp3) is 0.333. The molecule has 1 aliphatic rings. The van der Waals surface area contributed by atoms with E-state index >= 15 is 0 Å². The number of alkyl halides is 1. The molecule has 0 saturated carbocycles. The van der Waals surface area contributed by atoms with Gasteiger partial charge in [0.05, 0.1) is 17.8 Å². The smallest absolute Gasteiger partial charge is 0.302 e. The van der Waals surface area contributed by atoms with Gasteiger partial charge in [0.2, 0.25) is 0 Å². The van der Waals surface area contributed by atoms with Crippen molar-refractivity contribution in [3.05, 3.63) is 66.0 Å². The quantitative estimate of drug-likeness (QED) is 0.619. The summed E-state index contributed by atoms with van der Waals surface area (Å²) in [7, 11) is 0. The molecule has 1 aliphatic heterocycles. The number of hydrogen-bond donors (Lipinski definition) is 0. The monoisotopic (exact) mass is 403 g/mol. The van der Waals surface area contributed by atoms with Gasteiger partial charge in [0, 0.05) is 13.1 Å². The highest BCUT2D eigenvalue weighted by Gasteiger charge is 2.45. The van der Waals surface area contributed by atoms with Gasteiger partial charge in [0.25, 0.3) is 0 Å². The number of carbonyl (C=O) groups excluding carboxylic acids is 1. The molecule has 148 valence electrons. The summed E-state index contributed by atoms with van der Waals surface area (Å²) in [6, 6.07) is 13.4. The highest BCUT2D eigenvalue weighted by molar-refractivity contribution is 5.85. The molecule has 0 aliphatic carbocycles. The van der Waals surface area contributed by atoms with Crippen LogP contribution < -0.4 is 4.90 Å². The van der Waals surface area contributed by atoms with Gasteiger partial charge >= 0.3 is 5.97 Å². The van der Waals surface area contributed by atoms with Crippen LogP contribution in [0.5, 0.6) is 0 Å². The Bertz CT molecular complexity index is 959. The molecule has 2 unspecified atom stereocenters. The number of aromatic nitrogens is 2. The van der Waals surface area contributed by atoms with E-state index in [2.05, 4.69) is 0 Å². The van der Waals surface area contributed by atoms with Crippen LogP contribution in [0, 0.1) is 0 Å². The van der Waals surface area contributed by atoms with Crippen LogP contribution >= 0.6 is 12.4 Å². The first-order valence-electron chi connectivity index (χ1n) is 9.04. The fourth-order valence-corrected chi connectivity index (χ4v) is 4.06. The van der Waals surface area contributed by atoms with Crippen LogP contribution in [0.3, 0.4) is 0 Å². The summed E-state index contributed by atoms with van der Waals surface area (Å²) in [4.78, 5) is 18.1. The van der Waals surface area contributed by atoms with Gasteiger partial charge < -0.3 is 14.0 Å². The molecular weight excluding hydrogens is 381 g/mol. The van der Waals surface area contributed by atoms with Gasteiger partial charge in [0.15, 0.2) is 0 Å². The lowest BCUT2D eigenvalue weighted by Gasteiger charge is -2.49. The summed E-state index contributed by atoms with van der Waals surface area (Å²) < 4.78 is 21.8. The Morgan fingerprint density at radius 2 is 2.04 bits per heavy atom. The maximum atomic E-state index is 14.5. The minimum absolute atomic E-state index is 0. The summed E-state index contributed by atoms with van der Waals surface area (Å²) >= 11 is 0. The van der Waals surface area contributed by atoms with E-state index in [0.717, 1.165) is 16.8 Å². The van der Waals surface area contributed by atoms with Crippen LogP contribution in [0.2, 0.25) is 0 Å². The van der Waals surface area contributed by atoms with Crippen molar-refractivity contribution in [1.29, 1.82) is 0 Å². The van der Waals surface area contributed by atoms with E-state index in [1.807, 2.05) is 71.1 Å². The second-order valence-corrected chi connectivity index (χ2v) is 7.16. The van der Waals surface area contributed by atoms with Crippen molar-refractivity contribution in [2.75, 3.05) is 18.2 Å². The van der Waals surface area contributed by atoms with Crippen LogP contribution in [0.4, 0.5) is 10.2 Å². The number of imidazole rings is 1. The summed E-state index contributed by atoms with van der Waals surface area (Å²) in [5, 5.41) is 0. The molecule has 0 amide bonds. The topological polar surface area (TPSA) is 46.8 Å². The number of carbonyl (C=O) groups is 1. The van der Waals surface area contributed by atoms with E-state index in [4.69, 9.17) is 9.72 Å². The molecule has 0 saturated heterocycles. The number of nitrogens with zero attached hydrogens (tertiary/aromatic N) is 3. The lowest BCUT2D eigenvalue weighted by atomic mass is 9.80. The van der Waals surface area contributed by atoms with E-state index in [9.17, 15) is 9.18 Å². The first kappa shape index (κ1) is 20.1. The number of hydrogen-bond acceptors (Lipinski definition) is 4. The highest BCUT2D eigenvalue weighted by Crippen LogP contribution is 2.41. The van der Waals surface area contributed by atoms with Gasteiger partial charge in [-0.15, -0.1) is 12.4 Å². The third-order valence-electron chi connectivity index (χ3n) is 5.29. The summed E-state index contributed by atoms with van der Waals surface area (Å²) in [6.45, 7) is 2.89. The molecule has 5 nitrogen and oxygen atoms in total. The molecule has 0 spiro atoms. The van der Waals surface area contributed by atoms with Crippen molar-refractivity contribution in [2.24, 2.45) is 0 Å². The van der Waals surface area contributed by atoms with Gasteiger partial charge in [-0.3, -0.25) is 4.79 Å². The second-order valence-electron chi connectivity index (χ2n) is 7.16. The van der Waals surface area contributed by atoms with E-state index < -0.39 is 12.2 Å². The predicted octanol–water partition coefficient (Wildman–Crippen LogP) is 3.94. The van der Waals surface area contributed by atoms with Crippen molar-refractivity contribution < 1.29 is 13.9 Å². The van der Waals surface area contributed by atoms with Gasteiger partial charge in [-0.25, -0.2) is 9.37 Å². The third kappa shape index (κ3) is 3.33. The maximum absolute atomic E-state index is 14.5. The molecule has 7 heteroatoms. The largest absolute Gasteiger partial charge is 0.464 e. The number of anilines is 1. The van der Waals surface area contributed by atoms with E-state index in [1.165, 1.54) is 6.92 Å². The van der Waals surface area contributed by atoms with Crippen molar-refractivity contribution in [2.45, 2.75) is 31.8 Å². The van der Waals surface area contributed by atoms with Gasteiger partial charge in [-0.2, -0.15) is 0 Å². The molecule has 0 fully saturated rings. The number of halogens is 2. The first-order chi connectivity index (χ1) is 13.0. The van der Waals surface area contributed by atoms with Crippen molar-refractivity contribution in [3.63, 3.8) is 0 Å². The van der Waals surface area contributed by atoms with Gasteiger partial charge in [0.1, 0.15) is 24.7 Å². The van der Waals surface area contributed by atoms with Crippen LogP contribution in [0.15, 0.2) is 54.9 Å². The van der Waals surface area contributed by atoms with Crippen molar-refractivity contribution in [1.82, 2.24) is 9.38 Å². The van der Waals surface area contributed by atoms with Crippen LogP contribution in [0.1, 0.15) is 25.0 Å². The molecule has 0 N–H and O–H groups in total. The molecule has 2 aromatic heterocycles. The van der Waals surface area contributed by atoms with Crippen LogP contribution in [-0.2, 0) is 21.5 Å². The summed E-state index contributed by atoms with van der Waals surface area (Å²) in [5.41, 5.74) is 1.93. The van der Waals surface area contributed by atoms with Crippen LogP contribution in [0.25, 0.3) is 5.65 Å². The Hall–Kier alpha value is -2.60. The molecule has 3 heterocycles. The Labute approximate surface area is 169 Å². The maximum Gasteiger partial charge on any atom is 0.302 e. The molecule has 0 bridgehead atoms. The second kappa shape index (κ2) is 7.80. The number of fused-ring (bicyclic) bond motifs is 2. The molecule has 28 heavy (non-hydrogen) atoms. The number of pyridine rings is 1. The number of ether oxygens (including phenoxy) is 1. The van der Waals surface area contributed by atoms with Crippen molar-refractivity contribution in [3.8, 4) is 0 Å². The standard InChI is InChI=1S/C21H22FN3O2.ClH/c1-15(26)27-13-17-11-16-7-3-4-8-18(16)21(2,14-22)25(17)20-12-24-10-6-5-9-19(24)23-20;/h3-10,12,17H,11,13-14H2,1-2H3;1H. The zero-order valence-corrected chi connectivity index (χ0v) is 16.7. The lowest BCUT2D eigenvalue weighted by Crippen LogP contribution is -2.57. The van der Waals surface area contributed by atoms with Gasteiger partial charge in [-0.1, -0.05) is 30.3 Å². The zero-order chi connectivity index (χ0) is 19.0. The Morgan fingerprint density at radius 3 is 2.75 bits per heavy atom. The Kier molecular flexibility index (Phi) is 5.61. The SMILES string of the molecule is CC(=O)OCC1Cc2ccccc2C(C)(CF)N1c1cn2ccccc2n1.Cl. The van der Waals surface area contributed by atoms with E-state index in [-0.39, 0.29) is 31.0 Å². The van der Waals surface area contributed by atoms with E-state index in [1.54, 1.807) is 0 Å². The van der Waals surface area contributed by atoms with E-state index in [0.29, 0.717) is 12.2 Å². The molecule has 1 aromatic carbocycles. The lowest BCUT2D eigenvalue weighted by molar-refractivity contribution is -0.141. The minimum Gasteiger partial charge on any atom is -0.464 e.